The summed E-state index contributed by atoms with van der Waals surface area (Å²) >= 11 is 0. The number of benzene rings is 1. The van der Waals surface area contributed by atoms with E-state index in [0.29, 0.717) is 23.8 Å². The number of nitrogens with one attached hydrogen (secondary N) is 1. The van der Waals surface area contributed by atoms with Crippen LogP contribution in [0.4, 0.5) is 0 Å². The molecule has 8 heteroatoms. The first-order chi connectivity index (χ1) is 11.3. The molecule has 0 atom stereocenters. The molecule has 0 radical (unpaired) electrons. The molecule has 2 heterocycles. The molecule has 24 heavy (non-hydrogen) atoms. The van der Waals surface area contributed by atoms with Gasteiger partial charge in [0.25, 0.3) is 0 Å². The molecule has 0 bridgehead atoms. The Hall–Kier alpha value is -2.19. The van der Waals surface area contributed by atoms with Crippen LogP contribution in [0.1, 0.15) is 24.1 Å². The summed E-state index contributed by atoms with van der Waals surface area (Å²) in [5.74, 6) is 0.665. The number of rotatable bonds is 5. The minimum Gasteiger partial charge on any atom is -0.330 e. The quantitative estimate of drug-likeness (QED) is 0.764. The van der Waals surface area contributed by atoms with E-state index >= 15 is 0 Å². The molecule has 0 aliphatic rings. The van der Waals surface area contributed by atoms with Crippen molar-refractivity contribution in [1.29, 1.82) is 0 Å². The highest BCUT2D eigenvalue weighted by atomic mass is 32.2. The predicted octanol–water partition coefficient (Wildman–Crippen LogP) is 1.89. The van der Waals surface area contributed by atoms with Gasteiger partial charge in [0.15, 0.2) is 0 Å². The SMILES string of the molecule is CCn1nc(C)c(S(=O)(=O)NCc2nc3ccccc3n2C)c1C. The maximum Gasteiger partial charge on any atom is 0.244 e. The van der Waals surface area contributed by atoms with E-state index in [1.165, 1.54) is 0 Å². The molecule has 3 aromatic rings. The molecule has 2 aromatic heterocycles. The van der Waals surface area contributed by atoms with Gasteiger partial charge in [0.05, 0.1) is 29.0 Å². The molecule has 1 N–H and O–H groups in total. The second-order valence-electron chi connectivity index (χ2n) is 5.72. The van der Waals surface area contributed by atoms with Crippen LogP contribution in [-0.4, -0.2) is 27.7 Å². The van der Waals surface area contributed by atoms with Crippen LogP contribution in [0.3, 0.4) is 0 Å². The molecule has 0 saturated heterocycles. The maximum atomic E-state index is 12.7. The van der Waals surface area contributed by atoms with Crippen molar-refractivity contribution in [2.24, 2.45) is 7.05 Å². The fourth-order valence-electron chi connectivity index (χ4n) is 2.96. The Morgan fingerprint density at radius 3 is 2.54 bits per heavy atom. The number of sulfonamides is 1. The molecule has 0 amide bonds. The topological polar surface area (TPSA) is 81.8 Å². The monoisotopic (exact) mass is 347 g/mol. The molecule has 0 aliphatic heterocycles. The molecule has 0 spiro atoms. The maximum absolute atomic E-state index is 12.7. The third kappa shape index (κ3) is 2.71. The molecule has 0 fully saturated rings. The van der Waals surface area contributed by atoms with E-state index < -0.39 is 10.0 Å². The van der Waals surface area contributed by atoms with Crippen molar-refractivity contribution in [2.45, 2.75) is 38.8 Å². The van der Waals surface area contributed by atoms with Crippen molar-refractivity contribution in [3.8, 4) is 0 Å². The Bertz CT molecular complexity index is 1000. The fourth-order valence-corrected chi connectivity index (χ4v) is 4.35. The molecule has 0 saturated carbocycles. The van der Waals surface area contributed by atoms with Gasteiger partial charge in [-0.15, -0.1) is 0 Å². The second-order valence-corrected chi connectivity index (χ2v) is 7.42. The van der Waals surface area contributed by atoms with Crippen LogP contribution < -0.4 is 4.72 Å². The van der Waals surface area contributed by atoms with E-state index in [2.05, 4.69) is 14.8 Å². The average Bonchev–Trinajstić information content (AvgIpc) is 3.02. The van der Waals surface area contributed by atoms with Crippen LogP contribution in [0.2, 0.25) is 0 Å². The number of fused-ring (bicyclic) bond motifs is 1. The summed E-state index contributed by atoms with van der Waals surface area (Å²) in [6, 6.07) is 7.71. The Morgan fingerprint density at radius 2 is 1.92 bits per heavy atom. The normalized spacial score (nSPS) is 12.2. The first kappa shape index (κ1) is 16.7. The van der Waals surface area contributed by atoms with Crippen molar-refractivity contribution < 1.29 is 8.42 Å². The van der Waals surface area contributed by atoms with E-state index in [-0.39, 0.29) is 11.4 Å². The van der Waals surface area contributed by atoms with Crippen molar-refractivity contribution in [3.05, 3.63) is 41.5 Å². The number of hydrogen-bond acceptors (Lipinski definition) is 4. The Kier molecular flexibility index (Phi) is 4.18. The Labute approximate surface area is 141 Å². The predicted molar refractivity (Wildman–Crippen MR) is 92.1 cm³/mol. The van der Waals surface area contributed by atoms with Gasteiger partial charge in [-0.1, -0.05) is 12.1 Å². The number of aryl methyl sites for hydroxylation is 3. The van der Waals surface area contributed by atoms with Gasteiger partial charge in [-0.05, 0) is 32.9 Å². The molecule has 0 unspecified atom stereocenters. The highest BCUT2D eigenvalue weighted by molar-refractivity contribution is 7.89. The number of imidazole rings is 1. The summed E-state index contributed by atoms with van der Waals surface area (Å²) < 4.78 is 31.6. The summed E-state index contributed by atoms with van der Waals surface area (Å²) in [7, 11) is -1.77. The van der Waals surface area contributed by atoms with Gasteiger partial charge in [-0.25, -0.2) is 18.1 Å². The Morgan fingerprint density at radius 1 is 1.21 bits per heavy atom. The summed E-state index contributed by atoms with van der Waals surface area (Å²) in [6.07, 6.45) is 0. The van der Waals surface area contributed by atoms with Crippen molar-refractivity contribution in [3.63, 3.8) is 0 Å². The molecular weight excluding hydrogens is 326 g/mol. The van der Waals surface area contributed by atoms with Gasteiger partial charge in [0, 0.05) is 13.6 Å². The van der Waals surface area contributed by atoms with Crippen molar-refractivity contribution >= 4 is 21.1 Å². The van der Waals surface area contributed by atoms with Gasteiger partial charge in [-0.2, -0.15) is 5.10 Å². The lowest BCUT2D eigenvalue weighted by molar-refractivity contribution is 0.575. The first-order valence-electron chi connectivity index (χ1n) is 7.79. The van der Waals surface area contributed by atoms with Gasteiger partial charge in [0.2, 0.25) is 10.0 Å². The smallest absolute Gasteiger partial charge is 0.244 e. The Balaban J connectivity index is 1.90. The average molecular weight is 347 g/mol. The van der Waals surface area contributed by atoms with Crippen LogP contribution in [0.15, 0.2) is 29.2 Å². The second kappa shape index (κ2) is 6.03. The van der Waals surface area contributed by atoms with Gasteiger partial charge in [-0.3, -0.25) is 4.68 Å². The molecule has 0 aliphatic carbocycles. The van der Waals surface area contributed by atoms with Crippen LogP contribution in [0, 0.1) is 13.8 Å². The zero-order valence-corrected chi connectivity index (χ0v) is 15.1. The van der Waals surface area contributed by atoms with E-state index in [4.69, 9.17) is 0 Å². The van der Waals surface area contributed by atoms with Crippen molar-refractivity contribution in [2.75, 3.05) is 0 Å². The zero-order valence-electron chi connectivity index (χ0n) is 14.2. The summed E-state index contributed by atoms with van der Waals surface area (Å²) in [4.78, 5) is 4.74. The lowest BCUT2D eigenvalue weighted by Crippen LogP contribution is -2.25. The lowest BCUT2D eigenvalue weighted by Gasteiger charge is -2.08. The molecule has 1 aromatic carbocycles. The molecule has 3 rings (SSSR count). The number of nitrogens with zero attached hydrogens (tertiary/aromatic N) is 4. The third-order valence-electron chi connectivity index (χ3n) is 4.18. The van der Waals surface area contributed by atoms with Crippen LogP contribution in [0.5, 0.6) is 0 Å². The van der Waals surface area contributed by atoms with E-state index in [1.54, 1.807) is 18.5 Å². The standard InChI is InChI=1S/C16H21N5O2S/c1-5-21-12(3)16(11(2)19-21)24(22,23)17-10-15-18-13-8-6-7-9-14(13)20(15)4/h6-9,17H,5,10H2,1-4H3. The van der Waals surface area contributed by atoms with E-state index in [0.717, 1.165) is 11.0 Å². The van der Waals surface area contributed by atoms with E-state index in [1.807, 2.05) is 42.8 Å². The fraction of sp³-hybridized carbons (Fsp3) is 0.375. The summed E-state index contributed by atoms with van der Waals surface area (Å²) in [6.45, 7) is 6.18. The minimum atomic E-state index is -3.65. The summed E-state index contributed by atoms with van der Waals surface area (Å²) in [5, 5.41) is 4.28. The number of aromatic nitrogens is 4. The lowest BCUT2D eigenvalue weighted by atomic mass is 10.3. The largest absolute Gasteiger partial charge is 0.330 e. The van der Waals surface area contributed by atoms with Gasteiger partial charge < -0.3 is 4.57 Å². The van der Waals surface area contributed by atoms with E-state index in [9.17, 15) is 8.42 Å². The molecule has 128 valence electrons. The minimum absolute atomic E-state index is 0.129. The van der Waals surface area contributed by atoms with Gasteiger partial charge >= 0.3 is 0 Å². The molecular formula is C16H21N5O2S. The molecule has 7 nitrogen and oxygen atoms in total. The highest BCUT2D eigenvalue weighted by Crippen LogP contribution is 2.20. The van der Waals surface area contributed by atoms with Crippen LogP contribution in [-0.2, 0) is 30.2 Å². The number of para-hydroxylation sites is 2. The first-order valence-corrected chi connectivity index (χ1v) is 9.27. The highest BCUT2D eigenvalue weighted by Gasteiger charge is 2.24. The third-order valence-corrected chi connectivity index (χ3v) is 5.84. The zero-order chi connectivity index (χ0) is 17.5. The van der Waals surface area contributed by atoms with Crippen LogP contribution in [0.25, 0.3) is 11.0 Å². The summed E-state index contributed by atoms with van der Waals surface area (Å²) in [5.41, 5.74) is 2.97. The number of hydrogen-bond donors (Lipinski definition) is 1. The van der Waals surface area contributed by atoms with Gasteiger partial charge in [0.1, 0.15) is 10.7 Å². The van der Waals surface area contributed by atoms with Crippen molar-refractivity contribution in [1.82, 2.24) is 24.1 Å². The van der Waals surface area contributed by atoms with Crippen LogP contribution >= 0.6 is 0 Å².